The fourth-order valence-electron chi connectivity index (χ4n) is 14.6. The van der Waals surface area contributed by atoms with E-state index in [0.29, 0.717) is 71.6 Å². The van der Waals surface area contributed by atoms with E-state index in [0.717, 1.165) is 43.5 Å². The van der Waals surface area contributed by atoms with Gasteiger partial charge in [0.1, 0.15) is 0 Å². The summed E-state index contributed by atoms with van der Waals surface area (Å²) in [6.45, 7) is 27.8. The van der Waals surface area contributed by atoms with Crippen LogP contribution in [0.3, 0.4) is 0 Å². The maximum atomic E-state index is 12.6. The van der Waals surface area contributed by atoms with Gasteiger partial charge in [0.05, 0.1) is 18.1 Å². The first-order valence-electron chi connectivity index (χ1n) is 21.0. The molecule has 5 fully saturated rings. The van der Waals surface area contributed by atoms with Crippen LogP contribution in [0.2, 0.25) is 0 Å². The van der Waals surface area contributed by atoms with Crippen LogP contribution in [-0.4, -0.2) is 69.1 Å². The number of allylic oxidation sites excluding steroid dienone is 6. The first-order chi connectivity index (χ1) is 24.4. The number of carbonyl (C=O) groups excluding carboxylic acids is 1. The molecule has 0 aromatic carbocycles. The van der Waals surface area contributed by atoms with Crippen LogP contribution in [0.15, 0.2) is 46.6 Å². The third kappa shape index (κ3) is 5.99. The summed E-state index contributed by atoms with van der Waals surface area (Å²) in [6, 6.07) is 0. The highest BCUT2D eigenvalue weighted by Crippen LogP contribution is 2.76. The zero-order valence-corrected chi connectivity index (χ0v) is 34.8. The lowest BCUT2D eigenvalue weighted by Gasteiger charge is -2.72. The first-order valence-corrected chi connectivity index (χ1v) is 22.9. The second kappa shape index (κ2) is 13.5. The van der Waals surface area contributed by atoms with Gasteiger partial charge in [-0.2, -0.15) is 0 Å². The molecule has 1 heterocycles. The van der Waals surface area contributed by atoms with Gasteiger partial charge in [0, 0.05) is 37.3 Å². The lowest BCUT2D eigenvalue weighted by atomic mass is 9.33. The van der Waals surface area contributed by atoms with Crippen LogP contribution in [0.1, 0.15) is 126 Å². The Hall–Kier alpha value is -1.70. The van der Waals surface area contributed by atoms with Crippen molar-refractivity contribution >= 4 is 15.8 Å². The second-order valence-electron chi connectivity index (χ2n) is 19.9. The molecule has 0 aromatic rings. The molecule has 4 saturated carbocycles. The molecular formula is C45H70N2O4S. The predicted molar refractivity (Wildman–Crippen MR) is 212 cm³/mol. The van der Waals surface area contributed by atoms with Crippen molar-refractivity contribution in [1.82, 2.24) is 10.2 Å². The Morgan fingerprint density at radius 2 is 1.69 bits per heavy atom. The van der Waals surface area contributed by atoms with Gasteiger partial charge < -0.3 is 15.0 Å². The Morgan fingerprint density at radius 3 is 2.37 bits per heavy atom. The molecule has 1 aliphatic heterocycles. The normalized spacial score (nSPS) is 42.6. The fraction of sp³-hybridized carbons (Fsp3) is 0.800. The summed E-state index contributed by atoms with van der Waals surface area (Å²) in [6.07, 6.45) is 18.1. The molecule has 0 spiro atoms. The molecule has 6 aliphatic carbocycles. The van der Waals surface area contributed by atoms with Crippen molar-refractivity contribution in [3.05, 3.63) is 46.6 Å². The molecule has 0 bridgehead atoms. The van der Waals surface area contributed by atoms with Crippen molar-refractivity contribution in [2.45, 2.75) is 132 Å². The number of hydrogen-bond donors (Lipinski definition) is 1. The van der Waals surface area contributed by atoms with Crippen molar-refractivity contribution in [3.8, 4) is 0 Å². The van der Waals surface area contributed by atoms with Gasteiger partial charge >= 0.3 is 5.97 Å². The average molecular weight is 735 g/mol. The summed E-state index contributed by atoms with van der Waals surface area (Å²) in [5.41, 5.74) is 7.40. The molecular weight excluding hydrogens is 665 g/mol. The van der Waals surface area contributed by atoms with E-state index in [1.165, 1.54) is 68.1 Å². The molecule has 6 nitrogen and oxygen atoms in total. The van der Waals surface area contributed by atoms with E-state index < -0.39 is 9.84 Å². The van der Waals surface area contributed by atoms with Gasteiger partial charge in [-0.15, -0.1) is 0 Å². The van der Waals surface area contributed by atoms with E-state index >= 15 is 0 Å². The van der Waals surface area contributed by atoms with Crippen molar-refractivity contribution in [2.75, 3.05) is 44.3 Å². The van der Waals surface area contributed by atoms with Crippen LogP contribution in [0.4, 0.5) is 0 Å². The summed E-state index contributed by atoms with van der Waals surface area (Å²) in [4.78, 5) is 15.0. The largest absolute Gasteiger partial charge is 0.463 e. The Kier molecular flexibility index (Phi) is 10.0. The van der Waals surface area contributed by atoms with Gasteiger partial charge in [-0.05, 0) is 159 Å². The van der Waals surface area contributed by atoms with E-state index in [-0.39, 0.29) is 22.3 Å². The molecule has 7 heteroatoms. The maximum Gasteiger partial charge on any atom is 0.334 e. The Morgan fingerprint density at radius 1 is 0.962 bits per heavy atom. The highest BCUT2D eigenvalue weighted by molar-refractivity contribution is 7.91. The maximum absolute atomic E-state index is 12.6. The Balaban J connectivity index is 1.14. The van der Waals surface area contributed by atoms with Crippen LogP contribution < -0.4 is 5.32 Å². The minimum absolute atomic E-state index is 0.0836. The van der Waals surface area contributed by atoms with Crippen molar-refractivity contribution < 1.29 is 17.9 Å². The zero-order valence-electron chi connectivity index (χ0n) is 34.0. The standard InChI is InChI=1S/C45H70N2O4S/c1-10-51-40(48)34-12-11-32(29-31(34)4)35-16-18-42(7)37(41(35,5)6)17-19-44(9)38(42)14-13-36-39-33(30(2)3)15-20-45(39,22-21-43(36,44)8)46-23-24-47-25-27-52(49,50)28-26-47/h16,29,33,36-39,46H,2,10-15,17-28H2,1,3-9H3/t33-,36+,37-,38+,39+,42-,43+,44+,45-/m0/s1. The van der Waals surface area contributed by atoms with Crippen molar-refractivity contribution in [3.63, 3.8) is 0 Å². The molecule has 0 radical (unpaired) electrons. The number of ether oxygens (including phenoxy) is 1. The van der Waals surface area contributed by atoms with Gasteiger partial charge in [-0.3, -0.25) is 0 Å². The number of nitrogens with one attached hydrogen (secondary N) is 1. The second-order valence-corrected chi connectivity index (χ2v) is 22.2. The number of nitrogens with zero attached hydrogens (tertiary/aromatic N) is 1. The zero-order chi connectivity index (χ0) is 37.5. The van der Waals surface area contributed by atoms with Crippen LogP contribution >= 0.6 is 0 Å². The Labute approximate surface area is 316 Å². The lowest BCUT2D eigenvalue weighted by Crippen LogP contribution is -2.68. The van der Waals surface area contributed by atoms with Gasteiger partial charge in [0.25, 0.3) is 0 Å². The minimum Gasteiger partial charge on any atom is -0.463 e. The molecule has 1 saturated heterocycles. The average Bonchev–Trinajstić information content (AvgIpc) is 3.46. The number of carbonyl (C=O) groups is 1. The molecule has 0 unspecified atom stereocenters. The van der Waals surface area contributed by atoms with Crippen molar-refractivity contribution in [2.24, 2.45) is 51.2 Å². The monoisotopic (exact) mass is 735 g/mol. The number of esters is 1. The van der Waals surface area contributed by atoms with E-state index in [4.69, 9.17) is 4.74 Å². The van der Waals surface area contributed by atoms with E-state index in [2.05, 4.69) is 77.4 Å². The van der Waals surface area contributed by atoms with Gasteiger partial charge in [0.15, 0.2) is 9.84 Å². The van der Waals surface area contributed by atoms with E-state index in [1.807, 2.05) is 6.92 Å². The minimum atomic E-state index is -2.86. The number of rotatable bonds is 8. The van der Waals surface area contributed by atoms with Gasteiger partial charge in [-0.25, -0.2) is 13.2 Å². The highest BCUT2D eigenvalue weighted by atomic mass is 32.2. The first kappa shape index (κ1) is 38.6. The lowest BCUT2D eigenvalue weighted by molar-refractivity contribution is -0.221. The summed E-state index contributed by atoms with van der Waals surface area (Å²) >= 11 is 0. The van der Waals surface area contributed by atoms with Crippen LogP contribution in [0.5, 0.6) is 0 Å². The SMILES string of the molecule is C=C(C)[C@@H]1CC[C@]2(NCCN3CCS(=O)(=O)CC3)CC[C@]3(C)[C@H](CC[C@@H]4[C@@]5(C)CC=C(C6=CC(C)=C(C(=O)OCC)CC6)C(C)(C)[C@@H]5CC[C@]43C)[C@@H]12. The fourth-order valence-corrected chi connectivity index (χ4v) is 15.9. The summed E-state index contributed by atoms with van der Waals surface area (Å²) < 4.78 is 29.5. The quantitative estimate of drug-likeness (QED) is 0.199. The molecule has 0 amide bonds. The van der Waals surface area contributed by atoms with Crippen LogP contribution in [0, 0.1) is 51.2 Å². The summed E-state index contributed by atoms with van der Waals surface area (Å²) in [5, 5.41) is 4.23. The summed E-state index contributed by atoms with van der Waals surface area (Å²) in [7, 11) is -2.86. The molecule has 9 atom stereocenters. The number of hydrogen-bond acceptors (Lipinski definition) is 6. The topological polar surface area (TPSA) is 75.7 Å². The third-order valence-electron chi connectivity index (χ3n) is 17.4. The Bertz CT molecular complexity index is 1660. The van der Waals surface area contributed by atoms with Crippen molar-refractivity contribution in [1.29, 1.82) is 0 Å². The van der Waals surface area contributed by atoms with Gasteiger partial charge in [-0.1, -0.05) is 58.9 Å². The molecule has 290 valence electrons. The van der Waals surface area contributed by atoms with E-state index in [1.54, 1.807) is 0 Å². The molecule has 1 N–H and O–H groups in total. The van der Waals surface area contributed by atoms with Gasteiger partial charge in [0.2, 0.25) is 0 Å². The molecule has 0 aromatic heterocycles. The molecule has 7 rings (SSSR count). The highest BCUT2D eigenvalue weighted by Gasteiger charge is 2.70. The molecule has 7 aliphatic rings. The molecule has 52 heavy (non-hydrogen) atoms. The van der Waals surface area contributed by atoms with Crippen LogP contribution in [0.25, 0.3) is 0 Å². The third-order valence-corrected chi connectivity index (χ3v) is 19.0. The number of fused-ring (bicyclic) bond motifs is 7. The predicted octanol–water partition coefficient (Wildman–Crippen LogP) is 8.85. The number of sulfone groups is 1. The smallest absolute Gasteiger partial charge is 0.334 e. The van der Waals surface area contributed by atoms with E-state index in [9.17, 15) is 13.2 Å². The summed E-state index contributed by atoms with van der Waals surface area (Å²) in [5.74, 6) is 3.70. The van der Waals surface area contributed by atoms with Crippen LogP contribution in [-0.2, 0) is 19.4 Å².